The van der Waals surface area contributed by atoms with Gasteiger partial charge in [0.25, 0.3) is 0 Å². The van der Waals surface area contributed by atoms with E-state index < -0.39 is 5.97 Å². The van der Waals surface area contributed by atoms with Gasteiger partial charge in [-0.15, -0.1) is 0 Å². The molecule has 0 amide bonds. The van der Waals surface area contributed by atoms with Crippen LogP contribution in [0.3, 0.4) is 0 Å². The molecule has 1 aromatic carbocycles. The number of aromatic carboxylic acids is 1. The van der Waals surface area contributed by atoms with E-state index in [4.69, 9.17) is 5.11 Å². The molecule has 0 fully saturated rings. The maximum absolute atomic E-state index is 11.0. The predicted molar refractivity (Wildman–Crippen MR) is 80.2 cm³/mol. The molecule has 1 aromatic heterocycles. The van der Waals surface area contributed by atoms with Crippen molar-refractivity contribution in [2.75, 3.05) is 0 Å². The van der Waals surface area contributed by atoms with Crippen LogP contribution in [-0.2, 0) is 13.0 Å². The lowest BCUT2D eigenvalue weighted by molar-refractivity contribution is 0.0697. The van der Waals surface area contributed by atoms with Gasteiger partial charge in [0.15, 0.2) is 0 Å². The lowest BCUT2D eigenvalue weighted by Crippen LogP contribution is -2.03. The minimum atomic E-state index is -0.901. The summed E-state index contributed by atoms with van der Waals surface area (Å²) in [5.41, 5.74) is 2.14. The van der Waals surface area contributed by atoms with E-state index in [0.717, 1.165) is 36.2 Å². The monoisotopic (exact) mass is 274 g/mol. The molecule has 0 spiro atoms. The predicted octanol–water partition coefficient (Wildman–Crippen LogP) is 3.88. The number of fused-ring (bicyclic) bond motifs is 1. The van der Waals surface area contributed by atoms with E-state index in [1.807, 2.05) is 6.07 Å². The van der Waals surface area contributed by atoms with Crippen LogP contribution < -0.4 is 0 Å². The summed E-state index contributed by atoms with van der Waals surface area (Å²) in [6.07, 6.45) is 5.73. The highest BCUT2D eigenvalue weighted by atomic mass is 16.4. The number of nitrogens with zero attached hydrogens (tertiary/aromatic N) is 2. The van der Waals surface area contributed by atoms with Gasteiger partial charge in [0, 0.05) is 13.0 Å². The van der Waals surface area contributed by atoms with Gasteiger partial charge in [0.2, 0.25) is 0 Å². The lowest BCUT2D eigenvalue weighted by atomic mass is 10.2. The molecule has 108 valence electrons. The van der Waals surface area contributed by atoms with Crippen molar-refractivity contribution in [3.63, 3.8) is 0 Å². The SMILES string of the molecule is CCCCCCn1c(CC)nc2cc(C(=O)O)ccc21. The Hall–Kier alpha value is -1.84. The molecular formula is C16H22N2O2. The van der Waals surface area contributed by atoms with Crippen LogP contribution >= 0.6 is 0 Å². The number of rotatable bonds is 7. The second-order valence-corrected chi connectivity index (χ2v) is 5.10. The van der Waals surface area contributed by atoms with Crippen LogP contribution in [0.25, 0.3) is 11.0 Å². The molecule has 0 saturated carbocycles. The molecule has 2 aromatic rings. The molecule has 4 nitrogen and oxygen atoms in total. The Morgan fingerprint density at radius 2 is 2.05 bits per heavy atom. The van der Waals surface area contributed by atoms with E-state index in [-0.39, 0.29) is 0 Å². The van der Waals surface area contributed by atoms with Crippen molar-refractivity contribution in [3.05, 3.63) is 29.6 Å². The topological polar surface area (TPSA) is 55.1 Å². The average Bonchev–Trinajstić information content (AvgIpc) is 2.80. The van der Waals surface area contributed by atoms with Crippen LogP contribution in [0.1, 0.15) is 55.7 Å². The van der Waals surface area contributed by atoms with Gasteiger partial charge in [0.1, 0.15) is 5.82 Å². The number of carbonyl (C=O) groups is 1. The number of hydrogen-bond acceptors (Lipinski definition) is 2. The first-order chi connectivity index (χ1) is 9.67. The summed E-state index contributed by atoms with van der Waals surface area (Å²) in [7, 11) is 0. The third-order valence-corrected chi connectivity index (χ3v) is 3.63. The molecule has 1 N–H and O–H groups in total. The molecule has 0 unspecified atom stereocenters. The Labute approximate surface area is 119 Å². The quantitative estimate of drug-likeness (QED) is 0.780. The highest BCUT2D eigenvalue weighted by molar-refractivity contribution is 5.92. The van der Waals surface area contributed by atoms with Crippen molar-refractivity contribution < 1.29 is 9.90 Å². The first kappa shape index (κ1) is 14.6. The summed E-state index contributed by atoms with van der Waals surface area (Å²) >= 11 is 0. The number of aromatic nitrogens is 2. The van der Waals surface area contributed by atoms with Crippen LogP contribution in [0.15, 0.2) is 18.2 Å². The molecule has 0 aliphatic heterocycles. The van der Waals surface area contributed by atoms with Gasteiger partial charge < -0.3 is 9.67 Å². The second kappa shape index (κ2) is 6.55. The maximum atomic E-state index is 11.0. The second-order valence-electron chi connectivity index (χ2n) is 5.10. The molecule has 0 radical (unpaired) electrons. The number of aryl methyl sites for hydroxylation is 2. The van der Waals surface area contributed by atoms with Crippen molar-refractivity contribution in [2.24, 2.45) is 0 Å². The van der Waals surface area contributed by atoms with Crippen LogP contribution in [0.4, 0.5) is 0 Å². The highest BCUT2D eigenvalue weighted by Gasteiger charge is 2.11. The Bertz CT molecular complexity index is 602. The first-order valence-corrected chi connectivity index (χ1v) is 7.39. The number of carboxylic acids is 1. The maximum Gasteiger partial charge on any atom is 0.335 e. The van der Waals surface area contributed by atoms with Gasteiger partial charge >= 0.3 is 5.97 Å². The largest absolute Gasteiger partial charge is 0.478 e. The van der Waals surface area contributed by atoms with Crippen molar-refractivity contribution in [1.82, 2.24) is 9.55 Å². The Morgan fingerprint density at radius 1 is 1.25 bits per heavy atom. The van der Waals surface area contributed by atoms with Gasteiger partial charge in [-0.05, 0) is 24.6 Å². The molecule has 0 bridgehead atoms. The van der Waals surface area contributed by atoms with Gasteiger partial charge in [-0.25, -0.2) is 9.78 Å². The fraction of sp³-hybridized carbons (Fsp3) is 0.500. The van der Waals surface area contributed by atoms with E-state index in [1.165, 1.54) is 19.3 Å². The van der Waals surface area contributed by atoms with E-state index in [2.05, 4.69) is 23.4 Å². The minimum Gasteiger partial charge on any atom is -0.478 e. The van der Waals surface area contributed by atoms with Crippen molar-refractivity contribution >= 4 is 17.0 Å². The molecule has 0 atom stereocenters. The number of benzene rings is 1. The lowest BCUT2D eigenvalue weighted by Gasteiger charge is -2.07. The Morgan fingerprint density at radius 3 is 2.70 bits per heavy atom. The third kappa shape index (κ3) is 3.00. The zero-order chi connectivity index (χ0) is 14.5. The van der Waals surface area contributed by atoms with Gasteiger partial charge in [-0.3, -0.25) is 0 Å². The molecular weight excluding hydrogens is 252 g/mol. The van der Waals surface area contributed by atoms with Crippen molar-refractivity contribution in [3.8, 4) is 0 Å². The minimum absolute atomic E-state index is 0.302. The fourth-order valence-electron chi connectivity index (χ4n) is 2.53. The Balaban J connectivity index is 2.29. The molecule has 0 aliphatic carbocycles. The molecule has 4 heteroatoms. The van der Waals surface area contributed by atoms with Crippen molar-refractivity contribution in [2.45, 2.75) is 52.5 Å². The van der Waals surface area contributed by atoms with Gasteiger partial charge in [-0.2, -0.15) is 0 Å². The normalized spacial score (nSPS) is 11.1. The number of hydrogen-bond donors (Lipinski definition) is 1. The van der Waals surface area contributed by atoms with Crippen LogP contribution in [0.2, 0.25) is 0 Å². The standard InChI is InChI=1S/C16H22N2O2/c1-3-5-6-7-10-18-14-9-8-12(16(19)20)11-13(14)17-15(18)4-2/h8-9,11H,3-7,10H2,1-2H3,(H,19,20). The van der Waals surface area contributed by atoms with Crippen LogP contribution in [0, 0.1) is 0 Å². The average molecular weight is 274 g/mol. The summed E-state index contributed by atoms with van der Waals surface area (Å²) in [6.45, 7) is 5.26. The van der Waals surface area contributed by atoms with Gasteiger partial charge in [0.05, 0.1) is 16.6 Å². The number of imidazole rings is 1. The molecule has 20 heavy (non-hydrogen) atoms. The highest BCUT2D eigenvalue weighted by Crippen LogP contribution is 2.19. The van der Waals surface area contributed by atoms with Crippen LogP contribution in [0.5, 0.6) is 0 Å². The summed E-state index contributed by atoms with van der Waals surface area (Å²) in [4.78, 5) is 15.6. The Kier molecular flexibility index (Phi) is 4.77. The molecule has 2 rings (SSSR count). The number of carboxylic acid groups (broad SMARTS) is 1. The smallest absolute Gasteiger partial charge is 0.335 e. The third-order valence-electron chi connectivity index (χ3n) is 3.63. The first-order valence-electron chi connectivity index (χ1n) is 7.39. The summed E-state index contributed by atoms with van der Waals surface area (Å²) < 4.78 is 2.23. The number of unbranched alkanes of at least 4 members (excludes halogenated alkanes) is 3. The zero-order valence-corrected chi connectivity index (χ0v) is 12.2. The molecule has 0 saturated heterocycles. The van der Waals surface area contributed by atoms with E-state index in [0.29, 0.717) is 5.56 Å². The van der Waals surface area contributed by atoms with E-state index >= 15 is 0 Å². The molecule has 1 heterocycles. The summed E-state index contributed by atoms with van der Waals surface area (Å²) in [5.74, 6) is 0.140. The van der Waals surface area contributed by atoms with E-state index in [1.54, 1.807) is 12.1 Å². The summed E-state index contributed by atoms with van der Waals surface area (Å²) in [6, 6.07) is 5.21. The van der Waals surface area contributed by atoms with E-state index in [9.17, 15) is 4.79 Å². The zero-order valence-electron chi connectivity index (χ0n) is 12.2. The van der Waals surface area contributed by atoms with Crippen molar-refractivity contribution in [1.29, 1.82) is 0 Å². The summed E-state index contributed by atoms with van der Waals surface area (Å²) in [5, 5.41) is 9.04. The fourth-order valence-corrected chi connectivity index (χ4v) is 2.53. The van der Waals surface area contributed by atoms with Gasteiger partial charge in [-0.1, -0.05) is 33.1 Å². The molecule has 0 aliphatic rings. The van der Waals surface area contributed by atoms with Crippen LogP contribution in [-0.4, -0.2) is 20.6 Å².